The van der Waals surface area contributed by atoms with Gasteiger partial charge in [-0.2, -0.15) is 0 Å². The van der Waals surface area contributed by atoms with E-state index in [1.165, 1.54) is 94.9 Å². The first-order valence-corrected chi connectivity index (χ1v) is 8.40. The van der Waals surface area contributed by atoms with E-state index in [1.807, 2.05) is 0 Å². The van der Waals surface area contributed by atoms with Gasteiger partial charge in [-0.15, -0.1) is 0 Å². The molecule has 0 aromatic heterocycles. The van der Waals surface area contributed by atoms with Gasteiger partial charge in [0.05, 0.1) is 26.2 Å². The molecule has 1 aliphatic rings. The van der Waals surface area contributed by atoms with Crippen molar-refractivity contribution in [3.8, 4) is 0 Å². The Morgan fingerprint density at radius 2 is 1.26 bits per heavy atom. The van der Waals surface area contributed by atoms with Crippen LogP contribution in [0.4, 0.5) is 0 Å². The van der Waals surface area contributed by atoms with Crippen molar-refractivity contribution in [2.24, 2.45) is 0 Å². The van der Waals surface area contributed by atoms with Gasteiger partial charge in [0.1, 0.15) is 0 Å². The van der Waals surface area contributed by atoms with Crippen molar-refractivity contribution < 1.29 is 4.48 Å². The molecule has 0 atom stereocenters. The minimum atomic E-state index is 1.37. The Labute approximate surface area is 121 Å². The van der Waals surface area contributed by atoms with E-state index in [1.54, 1.807) is 0 Å². The summed E-state index contributed by atoms with van der Waals surface area (Å²) in [5, 5.41) is 6.25. The Balaban J connectivity index is 0.00000154. The zero-order valence-electron chi connectivity index (χ0n) is 13.3. The summed E-state index contributed by atoms with van der Waals surface area (Å²) in [6.45, 7) is 15.2. The van der Waals surface area contributed by atoms with E-state index in [0.717, 1.165) is 0 Å². The minimum Gasteiger partial charge on any atom is -0.512 e. The third kappa shape index (κ3) is 8.26. The molecule has 1 saturated heterocycles. The van der Waals surface area contributed by atoms with Gasteiger partial charge in [-0.3, -0.25) is 0 Å². The molecule has 19 heavy (non-hydrogen) atoms. The van der Waals surface area contributed by atoms with Crippen molar-refractivity contribution in [2.75, 3.05) is 26.2 Å². The second kappa shape index (κ2) is 12.5. The first-order chi connectivity index (χ1) is 9.33. The molecule has 0 aliphatic carbocycles. The fourth-order valence-corrected chi connectivity index (χ4v) is 3.29. The maximum atomic E-state index is 6.25. The third-order valence-corrected chi connectivity index (χ3v) is 4.67. The molecule has 1 fully saturated rings. The highest BCUT2D eigenvalue weighted by Gasteiger charge is 2.28. The van der Waals surface area contributed by atoms with Crippen molar-refractivity contribution in [1.82, 2.24) is 0 Å². The first kappa shape index (κ1) is 18.4. The molecule has 0 radical (unpaired) electrons. The summed E-state index contributed by atoms with van der Waals surface area (Å²) in [7, 11) is 0. The van der Waals surface area contributed by atoms with Gasteiger partial charge in [-0.05, 0) is 19.8 Å². The average Bonchev–Trinajstić information content (AvgIpc) is 2.93. The van der Waals surface area contributed by atoms with Crippen LogP contribution in [0.1, 0.15) is 78.1 Å². The fraction of sp³-hybridized carbons (Fsp3) is 0.941. The van der Waals surface area contributed by atoms with Crippen molar-refractivity contribution in [3.05, 3.63) is 6.57 Å². The zero-order valence-corrected chi connectivity index (χ0v) is 13.3. The largest absolute Gasteiger partial charge is 0.512 e. The van der Waals surface area contributed by atoms with Crippen molar-refractivity contribution in [1.29, 1.82) is 5.26 Å². The highest BCUT2D eigenvalue weighted by Crippen LogP contribution is 2.20. The Kier molecular flexibility index (Phi) is 12.1. The molecule has 1 heterocycles. The van der Waals surface area contributed by atoms with Crippen LogP contribution < -0.4 is 0 Å². The molecular weight excluding hydrogens is 232 g/mol. The van der Waals surface area contributed by atoms with Crippen LogP contribution in [0.15, 0.2) is 0 Å². The molecular formula is C17H34N2. The number of hydrogen-bond donors (Lipinski definition) is 0. The molecule has 0 aromatic carbocycles. The Hall–Kier alpha value is -0.550. The molecule has 1 rings (SSSR count). The van der Waals surface area contributed by atoms with Crippen LogP contribution in [0.25, 0.3) is 0 Å². The standard InChI is InChI=1S/C16H34N.CN/c1-3-5-6-7-8-9-10-11-14-17(4-2)15-12-13-16-17;1-2/h3-16H2,1-2H3;/q+1;-1. The fourth-order valence-electron chi connectivity index (χ4n) is 3.29. The number of likely N-dealkylation sites (tertiary alicyclic amines) is 1. The normalized spacial score (nSPS) is 16.8. The van der Waals surface area contributed by atoms with Crippen LogP contribution in [0.5, 0.6) is 0 Å². The molecule has 0 bridgehead atoms. The summed E-state index contributed by atoms with van der Waals surface area (Å²) >= 11 is 0. The van der Waals surface area contributed by atoms with Crippen LogP contribution in [-0.2, 0) is 0 Å². The lowest BCUT2D eigenvalue weighted by Gasteiger charge is -2.33. The average molecular weight is 266 g/mol. The summed E-state index contributed by atoms with van der Waals surface area (Å²) in [6.07, 6.45) is 14.6. The Morgan fingerprint density at radius 1 is 0.789 bits per heavy atom. The number of nitrogens with zero attached hydrogens (tertiary/aromatic N) is 2. The molecule has 112 valence electrons. The van der Waals surface area contributed by atoms with Crippen molar-refractivity contribution in [2.45, 2.75) is 78.1 Å². The lowest BCUT2D eigenvalue weighted by molar-refractivity contribution is -0.915. The van der Waals surface area contributed by atoms with E-state index in [9.17, 15) is 0 Å². The van der Waals surface area contributed by atoms with Gasteiger partial charge in [0, 0.05) is 12.8 Å². The summed E-state index contributed by atoms with van der Waals surface area (Å²) in [5.41, 5.74) is 0. The van der Waals surface area contributed by atoms with Crippen LogP contribution in [0.3, 0.4) is 0 Å². The van der Waals surface area contributed by atoms with Crippen molar-refractivity contribution >= 4 is 0 Å². The summed E-state index contributed by atoms with van der Waals surface area (Å²) in [6, 6.07) is 0. The molecule has 0 amide bonds. The summed E-state index contributed by atoms with van der Waals surface area (Å²) in [4.78, 5) is 0. The third-order valence-electron chi connectivity index (χ3n) is 4.67. The molecule has 2 heteroatoms. The van der Waals surface area contributed by atoms with E-state index in [2.05, 4.69) is 13.8 Å². The van der Waals surface area contributed by atoms with Gasteiger partial charge in [-0.25, -0.2) is 0 Å². The molecule has 0 spiro atoms. The Bertz CT molecular complexity index is 205. The molecule has 0 unspecified atom stereocenters. The van der Waals surface area contributed by atoms with E-state index in [4.69, 9.17) is 11.8 Å². The van der Waals surface area contributed by atoms with Crippen LogP contribution in [-0.4, -0.2) is 30.7 Å². The van der Waals surface area contributed by atoms with E-state index >= 15 is 0 Å². The highest BCUT2D eigenvalue weighted by atomic mass is 15.4. The maximum Gasteiger partial charge on any atom is 0.0788 e. The monoisotopic (exact) mass is 266 g/mol. The SMILES string of the molecule is CCCCCCCCCC[N+]1(CC)CCCC1.[C-]#N. The van der Waals surface area contributed by atoms with Gasteiger partial charge in [-0.1, -0.05) is 45.4 Å². The molecule has 0 saturated carbocycles. The number of rotatable bonds is 10. The predicted octanol–water partition coefficient (Wildman–Crippen LogP) is 4.85. The quantitative estimate of drug-likeness (QED) is 0.315. The van der Waals surface area contributed by atoms with Gasteiger partial charge in [0.25, 0.3) is 0 Å². The van der Waals surface area contributed by atoms with Gasteiger partial charge < -0.3 is 16.3 Å². The number of unbranched alkanes of at least 4 members (excludes halogenated alkanes) is 7. The van der Waals surface area contributed by atoms with Crippen molar-refractivity contribution in [3.63, 3.8) is 0 Å². The highest BCUT2D eigenvalue weighted by molar-refractivity contribution is 4.55. The van der Waals surface area contributed by atoms with Gasteiger partial charge in [0.15, 0.2) is 0 Å². The maximum absolute atomic E-state index is 6.25. The molecule has 1 aliphatic heterocycles. The van der Waals surface area contributed by atoms with E-state index < -0.39 is 0 Å². The lowest BCUT2D eigenvalue weighted by atomic mass is 10.1. The van der Waals surface area contributed by atoms with E-state index in [0.29, 0.717) is 0 Å². The second-order valence-corrected chi connectivity index (χ2v) is 6.01. The first-order valence-electron chi connectivity index (χ1n) is 8.40. The summed E-state index contributed by atoms with van der Waals surface area (Å²) in [5.74, 6) is 0. The topological polar surface area (TPSA) is 23.8 Å². The minimum absolute atomic E-state index is 1.37. The lowest BCUT2D eigenvalue weighted by Crippen LogP contribution is -2.45. The van der Waals surface area contributed by atoms with Crippen LogP contribution >= 0.6 is 0 Å². The smallest absolute Gasteiger partial charge is 0.0788 e. The van der Waals surface area contributed by atoms with Gasteiger partial charge >= 0.3 is 0 Å². The second-order valence-electron chi connectivity index (χ2n) is 6.01. The number of quaternary nitrogens is 1. The molecule has 2 nitrogen and oxygen atoms in total. The van der Waals surface area contributed by atoms with Crippen LogP contribution in [0, 0.1) is 11.8 Å². The van der Waals surface area contributed by atoms with Gasteiger partial charge in [0.2, 0.25) is 0 Å². The predicted molar refractivity (Wildman–Crippen MR) is 82.2 cm³/mol. The molecule has 0 aromatic rings. The molecule has 0 N–H and O–H groups in total. The Morgan fingerprint density at radius 3 is 1.74 bits per heavy atom. The summed E-state index contributed by atoms with van der Waals surface area (Å²) < 4.78 is 1.44. The van der Waals surface area contributed by atoms with E-state index in [-0.39, 0.29) is 0 Å². The van der Waals surface area contributed by atoms with Crippen LogP contribution in [0.2, 0.25) is 0 Å². The zero-order chi connectivity index (χ0) is 14.4. The number of hydrogen-bond acceptors (Lipinski definition) is 1.